The summed E-state index contributed by atoms with van der Waals surface area (Å²) in [7, 11) is 0. The summed E-state index contributed by atoms with van der Waals surface area (Å²) in [6.45, 7) is 7.52. The molecule has 140 valence electrons. The van der Waals surface area contributed by atoms with Crippen LogP contribution in [0.15, 0.2) is 18.2 Å². The molecule has 0 aromatic heterocycles. The Morgan fingerprint density at radius 2 is 2.12 bits per heavy atom. The number of anilines is 1. The second-order valence-electron chi connectivity index (χ2n) is 8.05. The van der Waals surface area contributed by atoms with E-state index in [-0.39, 0.29) is 23.8 Å². The van der Waals surface area contributed by atoms with E-state index in [1.807, 2.05) is 6.92 Å². The van der Waals surface area contributed by atoms with Crippen LogP contribution in [-0.4, -0.2) is 48.3 Å². The van der Waals surface area contributed by atoms with Crippen LogP contribution in [0.1, 0.15) is 26.3 Å². The first-order chi connectivity index (χ1) is 12.3. The maximum atomic E-state index is 13.7. The molecule has 2 unspecified atom stereocenters. The van der Waals surface area contributed by atoms with Crippen LogP contribution in [0, 0.1) is 17.7 Å². The van der Waals surface area contributed by atoms with Gasteiger partial charge in [-0.25, -0.2) is 14.0 Å². The molecule has 7 heteroatoms. The summed E-state index contributed by atoms with van der Waals surface area (Å²) in [5.41, 5.74) is 1.04. The number of amides is 3. The minimum Gasteiger partial charge on any atom is -0.437 e. The second kappa shape index (κ2) is 5.86. The molecule has 6 nitrogen and oxygen atoms in total. The number of nitrogens with one attached hydrogen (secondary N) is 1. The molecular formula is C19H24FN3O3. The number of urea groups is 1. The van der Waals surface area contributed by atoms with E-state index in [9.17, 15) is 14.0 Å². The number of ether oxygens (including phenoxy) is 1. The Balaban J connectivity index is 1.55. The summed E-state index contributed by atoms with van der Waals surface area (Å²) >= 11 is 0. The minimum absolute atomic E-state index is 0.107. The van der Waals surface area contributed by atoms with Crippen LogP contribution in [0.5, 0.6) is 0 Å². The Labute approximate surface area is 152 Å². The van der Waals surface area contributed by atoms with Crippen molar-refractivity contribution in [1.29, 1.82) is 0 Å². The van der Waals surface area contributed by atoms with Gasteiger partial charge in [-0.3, -0.25) is 4.90 Å². The van der Waals surface area contributed by atoms with Crippen molar-refractivity contribution in [3.8, 4) is 0 Å². The lowest BCUT2D eigenvalue weighted by Gasteiger charge is -2.50. The lowest BCUT2D eigenvalue weighted by Crippen LogP contribution is -2.70. The first-order valence-electron chi connectivity index (χ1n) is 9.13. The predicted octanol–water partition coefficient (Wildman–Crippen LogP) is 2.76. The summed E-state index contributed by atoms with van der Waals surface area (Å²) in [5, 5.41) is 2.74. The van der Waals surface area contributed by atoms with Gasteiger partial charge in [0, 0.05) is 12.2 Å². The van der Waals surface area contributed by atoms with Crippen LogP contribution in [0.4, 0.5) is 19.7 Å². The summed E-state index contributed by atoms with van der Waals surface area (Å²) in [6, 6.07) is 4.40. The van der Waals surface area contributed by atoms with Crippen LogP contribution < -0.4 is 10.2 Å². The quantitative estimate of drug-likeness (QED) is 0.837. The number of hydrogen-bond acceptors (Lipinski definition) is 3. The summed E-state index contributed by atoms with van der Waals surface area (Å²) in [5.74, 6) is 0.402. The molecule has 2 saturated heterocycles. The molecule has 1 aromatic rings. The van der Waals surface area contributed by atoms with Gasteiger partial charge in [0.1, 0.15) is 5.82 Å². The van der Waals surface area contributed by atoms with Crippen molar-refractivity contribution in [2.45, 2.75) is 38.8 Å². The smallest absolute Gasteiger partial charge is 0.408 e. The molecule has 0 bridgehead atoms. The normalized spacial score (nSPS) is 26.4. The molecule has 1 spiro atoms. The summed E-state index contributed by atoms with van der Waals surface area (Å²) in [6.07, 6.45) is 0.347. The van der Waals surface area contributed by atoms with Gasteiger partial charge in [0.25, 0.3) is 0 Å². The molecule has 3 aliphatic rings. The third-order valence-corrected chi connectivity index (χ3v) is 6.01. The molecule has 3 amide bonds. The molecule has 3 heterocycles. The van der Waals surface area contributed by atoms with Crippen LogP contribution in [0.25, 0.3) is 0 Å². The number of halogens is 1. The highest BCUT2D eigenvalue weighted by molar-refractivity contribution is 5.94. The molecule has 2 atom stereocenters. The number of carbonyl (C=O) groups is 2. The Morgan fingerprint density at radius 1 is 1.38 bits per heavy atom. The topological polar surface area (TPSA) is 61.9 Å². The average molecular weight is 361 g/mol. The van der Waals surface area contributed by atoms with E-state index in [4.69, 9.17) is 4.74 Å². The predicted molar refractivity (Wildman–Crippen MR) is 94.6 cm³/mol. The first kappa shape index (κ1) is 17.1. The van der Waals surface area contributed by atoms with Crippen molar-refractivity contribution in [3.05, 3.63) is 29.6 Å². The largest absolute Gasteiger partial charge is 0.437 e. The molecule has 3 aliphatic heterocycles. The number of nitrogens with zero attached hydrogens (tertiary/aromatic N) is 2. The van der Waals surface area contributed by atoms with E-state index >= 15 is 0 Å². The Morgan fingerprint density at radius 3 is 2.73 bits per heavy atom. The highest BCUT2D eigenvalue weighted by Gasteiger charge is 2.57. The van der Waals surface area contributed by atoms with Gasteiger partial charge in [-0.2, -0.15) is 0 Å². The Bertz CT molecular complexity index is 760. The van der Waals surface area contributed by atoms with Crippen LogP contribution in [0.2, 0.25) is 0 Å². The van der Waals surface area contributed by atoms with Crippen molar-refractivity contribution in [1.82, 2.24) is 10.2 Å². The molecule has 1 aromatic carbocycles. The highest BCUT2D eigenvalue weighted by Crippen LogP contribution is 2.37. The van der Waals surface area contributed by atoms with Gasteiger partial charge >= 0.3 is 12.1 Å². The highest BCUT2D eigenvalue weighted by atomic mass is 19.1. The third kappa shape index (κ3) is 2.61. The zero-order chi connectivity index (χ0) is 18.6. The first-order valence-corrected chi connectivity index (χ1v) is 9.13. The average Bonchev–Trinajstić information content (AvgIpc) is 2.85. The van der Waals surface area contributed by atoms with Crippen molar-refractivity contribution < 1.29 is 18.7 Å². The van der Waals surface area contributed by atoms with E-state index in [0.29, 0.717) is 25.6 Å². The molecule has 0 radical (unpaired) electrons. The van der Waals surface area contributed by atoms with E-state index in [1.54, 1.807) is 15.9 Å². The van der Waals surface area contributed by atoms with Crippen molar-refractivity contribution >= 4 is 17.8 Å². The number of carbonyl (C=O) groups excluding carboxylic acids is 2. The van der Waals surface area contributed by atoms with E-state index < -0.39 is 11.7 Å². The van der Waals surface area contributed by atoms with Gasteiger partial charge < -0.3 is 15.0 Å². The molecule has 4 rings (SSSR count). The zero-order valence-corrected chi connectivity index (χ0v) is 15.3. The molecule has 0 aliphatic carbocycles. The fraction of sp³-hybridized carbons (Fsp3) is 0.579. The van der Waals surface area contributed by atoms with Crippen LogP contribution in [-0.2, 0) is 11.2 Å². The third-order valence-electron chi connectivity index (χ3n) is 6.01. The van der Waals surface area contributed by atoms with Gasteiger partial charge in [-0.15, -0.1) is 0 Å². The number of likely N-dealkylation sites (tertiary alicyclic amines) is 1. The minimum atomic E-state index is -0.619. The fourth-order valence-electron chi connectivity index (χ4n) is 4.14. The maximum Gasteiger partial charge on any atom is 0.408 e. The lowest BCUT2D eigenvalue weighted by molar-refractivity contribution is -0.0659. The molecule has 26 heavy (non-hydrogen) atoms. The number of hydrogen-bond donors (Lipinski definition) is 1. The fourth-order valence-corrected chi connectivity index (χ4v) is 4.14. The van der Waals surface area contributed by atoms with E-state index in [0.717, 1.165) is 17.7 Å². The van der Waals surface area contributed by atoms with Gasteiger partial charge in [-0.1, -0.05) is 13.8 Å². The van der Waals surface area contributed by atoms with Crippen LogP contribution >= 0.6 is 0 Å². The van der Waals surface area contributed by atoms with Crippen LogP contribution in [0.3, 0.4) is 0 Å². The van der Waals surface area contributed by atoms with E-state index in [2.05, 4.69) is 19.2 Å². The Kier molecular flexibility index (Phi) is 3.86. The number of alkyl carbamates (subject to hydrolysis) is 1. The number of benzene rings is 1. The van der Waals surface area contributed by atoms with Crippen molar-refractivity contribution in [2.24, 2.45) is 11.8 Å². The molecule has 2 fully saturated rings. The Hall–Kier alpha value is -2.31. The summed E-state index contributed by atoms with van der Waals surface area (Å²) < 4.78 is 19.1. The SMILES string of the molecule is CC(C)C1Cc2cc(F)ccc2N(C(=O)N2CC3(C2)OC(=O)NC3C)C1. The second-order valence-corrected chi connectivity index (χ2v) is 8.05. The number of fused-ring (bicyclic) bond motifs is 1. The van der Waals surface area contributed by atoms with Gasteiger partial charge in [-0.05, 0) is 48.9 Å². The monoisotopic (exact) mass is 361 g/mol. The summed E-state index contributed by atoms with van der Waals surface area (Å²) in [4.78, 5) is 28.0. The number of rotatable bonds is 1. The zero-order valence-electron chi connectivity index (χ0n) is 15.3. The molecule has 1 N–H and O–H groups in total. The van der Waals surface area contributed by atoms with Gasteiger partial charge in [0.2, 0.25) is 0 Å². The maximum absolute atomic E-state index is 13.7. The molecule has 0 saturated carbocycles. The van der Waals surface area contributed by atoms with Gasteiger partial charge in [0.05, 0.1) is 19.1 Å². The van der Waals surface area contributed by atoms with Gasteiger partial charge in [0.15, 0.2) is 5.60 Å². The lowest BCUT2D eigenvalue weighted by atomic mass is 9.84. The van der Waals surface area contributed by atoms with Crippen molar-refractivity contribution in [3.63, 3.8) is 0 Å². The van der Waals surface area contributed by atoms with E-state index in [1.165, 1.54) is 12.1 Å². The standard InChI is InChI=1S/C19H24FN3O3/c1-11(2)14-6-13-7-15(20)4-5-16(13)23(8-14)18(25)22-9-19(10-22)12(3)21-17(24)26-19/h4-5,7,11-12,14H,6,8-10H2,1-3H3,(H,21,24). The molecular weight excluding hydrogens is 337 g/mol. The van der Waals surface area contributed by atoms with Crippen molar-refractivity contribution in [2.75, 3.05) is 24.5 Å².